The summed E-state index contributed by atoms with van der Waals surface area (Å²) in [6, 6.07) is 27.1. The standard InChI is InChI=1S/2C12H11N3O4S.Na.H2O/c2*16-15(11-4-2-1-3-5-11)14-13-10-6-8-12(9-7-10)20(17,18)19;;/h2*1-9,13H,(H,17,18,19);;1H2/q;;+1;/b2*15-14-;;. The van der Waals surface area contributed by atoms with Gasteiger partial charge in [0.25, 0.3) is 20.2 Å². The Morgan fingerprint density at radius 2 is 0.833 bits per heavy atom. The normalized spacial score (nSPS) is 11.6. The molecule has 15 nitrogen and oxygen atoms in total. The van der Waals surface area contributed by atoms with Crippen LogP contribution in [0.5, 0.6) is 0 Å². The van der Waals surface area contributed by atoms with E-state index in [-0.39, 0.29) is 44.8 Å². The zero-order valence-electron chi connectivity index (χ0n) is 21.8. The summed E-state index contributed by atoms with van der Waals surface area (Å²) in [6.07, 6.45) is 0. The van der Waals surface area contributed by atoms with Crippen molar-refractivity contribution >= 4 is 43.0 Å². The van der Waals surface area contributed by atoms with Crippen LogP contribution in [0, 0.1) is 10.4 Å². The van der Waals surface area contributed by atoms with Crippen LogP contribution in [0.15, 0.2) is 129 Å². The van der Waals surface area contributed by atoms with Crippen LogP contribution in [0.1, 0.15) is 0 Å². The molecule has 4 aromatic rings. The quantitative estimate of drug-likeness (QED) is 0.0717. The molecule has 6 N–H and O–H groups in total. The van der Waals surface area contributed by atoms with Crippen molar-refractivity contribution in [1.29, 1.82) is 0 Å². The Morgan fingerprint density at radius 3 is 1.10 bits per heavy atom. The van der Waals surface area contributed by atoms with Crippen molar-refractivity contribution in [3.05, 3.63) is 120 Å². The smallest absolute Gasteiger partial charge is 0.691 e. The first kappa shape index (κ1) is 36.1. The number of hydrogen-bond acceptors (Lipinski definition) is 8. The Balaban J connectivity index is 0.000000401. The maximum atomic E-state index is 11.6. The zero-order valence-corrected chi connectivity index (χ0v) is 25.5. The Morgan fingerprint density at radius 1 is 0.548 bits per heavy atom. The molecule has 0 saturated carbocycles. The van der Waals surface area contributed by atoms with Crippen molar-refractivity contribution in [3.63, 3.8) is 0 Å². The fourth-order valence-electron chi connectivity index (χ4n) is 2.84. The minimum atomic E-state index is -4.22. The first-order valence-corrected chi connectivity index (χ1v) is 13.9. The molecule has 42 heavy (non-hydrogen) atoms. The number of para-hydroxylation sites is 2. The van der Waals surface area contributed by atoms with Gasteiger partial charge in [-0.05, 0) is 72.8 Å². The minimum absolute atomic E-state index is 0. The van der Waals surface area contributed by atoms with Gasteiger partial charge in [-0.15, -0.1) is 20.6 Å². The van der Waals surface area contributed by atoms with Crippen LogP contribution in [-0.2, 0) is 20.2 Å². The molecular weight excluding hydrogens is 603 g/mol. The number of benzene rings is 4. The summed E-state index contributed by atoms with van der Waals surface area (Å²) in [6.45, 7) is 0. The third kappa shape index (κ3) is 11.5. The number of anilines is 2. The third-order valence-corrected chi connectivity index (χ3v) is 6.53. The Labute approximate surface area is 263 Å². The molecule has 0 saturated heterocycles. The molecule has 0 heterocycles. The van der Waals surface area contributed by atoms with Crippen molar-refractivity contribution in [2.45, 2.75) is 9.79 Å². The number of nitrogens with zero attached hydrogens (tertiary/aromatic N) is 4. The molecule has 0 spiro atoms. The van der Waals surface area contributed by atoms with Gasteiger partial charge in [-0.2, -0.15) is 16.8 Å². The molecule has 0 bridgehead atoms. The van der Waals surface area contributed by atoms with Gasteiger partial charge < -0.3 is 15.9 Å². The van der Waals surface area contributed by atoms with E-state index >= 15 is 0 Å². The molecule has 0 aromatic heterocycles. The molecule has 18 heteroatoms. The largest absolute Gasteiger partial charge is 1.00 e. The van der Waals surface area contributed by atoms with Crippen LogP contribution in [-0.4, -0.2) is 41.1 Å². The summed E-state index contributed by atoms with van der Waals surface area (Å²) in [5, 5.41) is 30.3. The van der Waals surface area contributed by atoms with E-state index in [0.717, 1.165) is 0 Å². The third-order valence-electron chi connectivity index (χ3n) is 4.80. The van der Waals surface area contributed by atoms with E-state index in [9.17, 15) is 27.3 Å². The summed E-state index contributed by atoms with van der Waals surface area (Å²) < 4.78 is 61.0. The average molecular weight is 628 g/mol. The molecule has 0 radical (unpaired) electrons. The molecule has 0 aliphatic rings. The second-order valence-corrected chi connectivity index (χ2v) is 10.5. The molecule has 4 aromatic carbocycles. The van der Waals surface area contributed by atoms with Crippen LogP contribution in [0.2, 0.25) is 0 Å². The van der Waals surface area contributed by atoms with Gasteiger partial charge in [-0.1, -0.05) is 36.4 Å². The van der Waals surface area contributed by atoms with Gasteiger partial charge in [0, 0.05) is 0 Å². The van der Waals surface area contributed by atoms with E-state index in [1.807, 2.05) is 0 Å². The van der Waals surface area contributed by atoms with E-state index < -0.39 is 20.2 Å². The van der Waals surface area contributed by atoms with Gasteiger partial charge >= 0.3 is 29.6 Å². The van der Waals surface area contributed by atoms with Crippen LogP contribution in [0.4, 0.5) is 22.7 Å². The van der Waals surface area contributed by atoms with Gasteiger partial charge in [-0.25, -0.2) is 0 Å². The summed E-state index contributed by atoms with van der Waals surface area (Å²) in [7, 11) is -8.45. The van der Waals surface area contributed by atoms with Crippen LogP contribution < -0.4 is 40.4 Å². The molecule has 0 aliphatic heterocycles. The van der Waals surface area contributed by atoms with Crippen molar-refractivity contribution in [1.82, 2.24) is 0 Å². The first-order chi connectivity index (χ1) is 18.9. The summed E-state index contributed by atoms with van der Waals surface area (Å²) in [4.78, 5) is 0.336. The second-order valence-electron chi connectivity index (χ2n) is 7.64. The van der Waals surface area contributed by atoms with Crippen LogP contribution in [0.3, 0.4) is 0 Å². The summed E-state index contributed by atoms with van der Waals surface area (Å²) >= 11 is 0. The number of hydrogen-bond donors (Lipinski definition) is 4. The predicted molar refractivity (Wildman–Crippen MR) is 148 cm³/mol. The summed E-state index contributed by atoms with van der Waals surface area (Å²) in [5.41, 5.74) is 6.50. The second kappa shape index (κ2) is 16.5. The molecule has 216 valence electrons. The molecule has 0 amide bonds. The van der Waals surface area contributed by atoms with Crippen LogP contribution in [0.25, 0.3) is 0 Å². The fraction of sp³-hybridized carbons (Fsp3) is 0. The van der Waals surface area contributed by atoms with Crippen molar-refractivity contribution in [2.75, 3.05) is 10.9 Å². The zero-order chi connectivity index (χ0) is 29.2. The molecular formula is C24H24N6NaO9S2+. The molecule has 0 aliphatic carbocycles. The maximum absolute atomic E-state index is 11.6. The van der Waals surface area contributed by atoms with E-state index in [4.69, 9.17) is 9.11 Å². The topological polar surface area (TPSA) is 241 Å². The number of nitrogens with one attached hydrogen (secondary N) is 2. The van der Waals surface area contributed by atoms with Gasteiger partial charge in [0.15, 0.2) is 11.4 Å². The molecule has 4 rings (SSSR count). The monoisotopic (exact) mass is 627 g/mol. The maximum Gasteiger partial charge on any atom is 1.00 e. The predicted octanol–water partition coefficient (Wildman–Crippen LogP) is 1.29. The Bertz CT molecular complexity index is 1560. The Hall–Kier alpha value is -3.94. The van der Waals surface area contributed by atoms with E-state index in [2.05, 4.69) is 21.3 Å². The SMILES string of the molecule is O.O=S(=O)(O)c1ccc(N/N=[N+](\[O-])c2ccccc2)cc1.O=S(=O)(O)c1ccc(N/N=[N+](\[O-])c2ccccc2)cc1.[Na+]. The fourth-order valence-corrected chi connectivity index (χ4v) is 3.80. The Kier molecular flexibility index (Phi) is 14.2. The minimum Gasteiger partial charge on any atom is -0.691 e. The van der Waals surface area contributed by atoms with Crippen molar-refractivity contribution in [2.24, 2.45) is 10.4 Å². The number of rotatable bonds is 8. The van der Waals surface area contributed by atoms with Gasteiger partial charge in [-0.3, -0.25) is 9.11 Å². The molecule has 0 atom stereocenters. The van der Waals surface area contributed by atoms with Gasteiger partial charge in [0.05, 0.1) is 20.2 Å². The average Bonchev–Trinajstić information content (AvgIpc) is 2.95. The first-order valence-electron chi connectivity index (χ1n) is 11.1. The van der Waals surface area contributed by atoms with Crippen LogP contribution >= 0.6 is 0 Å². The molecule has 0 unspecified atom stereocenters. The molecule has 0 fully saturated rings. The van der Waals surface area contributed by atoms with Gasteiger partial charge in [0.2, 0.25) is 0 Å². The van der Waals surface area contributed by atoms with Crippen molar-refractivity contribution < 1.29 is 70.7 Å². The van der Waals surface area contributed by atoms with E-state index in [0.29, 0.717) is 32.5 Å². The van der Waals surface area contributed by atoms with E-state index in [1.54, 1.807) is 60.7 Å². The summed E-state index contributed by atoms with van der Waals surface area (Å²) in [5.74, 6) is 0. The van der Waals surface area contributed by atoms with E-state index in [1.165, 1.54) is 48.5 Å². The van der Waals surface area contributed by atoms with Gasteiger partial charge in [0.1, 0.15) is 11.4 Å². The van der Waals surface area contributed by atoms with Crippen molar-refractivity contribution in [3.8, 4) is 0 Å².